The molecule has 3 fully saturated rings. The van der Waals surface area contributed by atoms with Gasteiger partial charge in [-0.15, -0.1) is 0 Å². The molecule has 1 unspecified atom stereocenters. The number of piperidine rings is 1. The smallest absolute Gasteiger partial charge is 0.329 e. The molecule has 4 rings (SSSR count). The van der Waals surface area contributed by atoms with Gasteiger partial charge in [-0.25, -0.2) is 4.79 Å². The Kier molecular flexibility index (Phi) is 22.9. The van der Waals surface area contributed by atoms with E-state index in [0.29, 0.717) is 63.4 Å². The molecule has 4 aliphatic rings. The summed E-state index contributed by atoms with van der Waals surface area (Å²) < 4.78 is 35.6. The highest BCUT2D eigenvalue weighted by atomic mass is 16.6. The predicted molar refractivity (Wildman–Crippen MR) is 256 cm³/mol. The topological polar surface area (TPSA) is 205 Å². The fourth-order valence-electron chi connectivity index (χ4n) is 10.5. The molecule has 0 radical (unpaired) electrons. The number of amides is 1. The Hall–Kier alpha value is -3.41. The Labute approximate surface area is 405 Å². The first-order valence-corrected chi connectivity index (χ1v) is 25.0. The van der Waals surface area contributed by atoms with Crippen LogP contribution in [-0.2, 0) is 52.4 Å². The summed E-state index contributed by atoms with van der Waals surface area (Å²) in [6.45, 7) is 12.9. The molecule has 15 atom stereocenters. The summed E-state index contributed by atoms with van der Waals surface area (Å²) in [6.07, 6.45) is 12.0. The summed E-state index contributed by atoms with van der Waals surface area (Å²) in [6, 6.07) is -1.14. The van der Waals surface area contributed by atoms with Gasteiger partial charge in [-0.05, 0) is 107 Å². The minimum absolute atomic E-state index is 0.0158. The summed E-state index contributed by atoms with van der Waals surface area (Å²) >= 11 is 0. The molecule has 0 spiro atoms. The summed E-state index contributed by atoms with van der Waals surface area (Å²) in [7, 11) is 4.58. The predicted octanol–water partition coefficient (Wildman–Crippen LogP) is 6.20. The minimum Gasteiger partial charge on any atom is -0.460 e. The number of allylic oxidation sites excluding steroid dienone is 6. The standard InChI is InChI=1S/C53H83NO14/c1-32-16-12-11-13-17-33(2)44(63-8)30-40-21-19-38(7)53(62,68-40)50(59)51(60)54-23-15-14-18-41(54)52(61)67-45(35(4)28-39-20-22-43(66-25-24-55)46(29-39)64-9)31-42(56)34(3)27-37(6)48(58)49(65-10)47(57)36(5)26-32/h11-13,16-17,27,32,34-36,38-41,43-46,48-49,55,58,62H,14-15,18-26,28-31H2,1-10H3/b13-11+,16-12+,33-17+,37-27+/t32-,34-,35-,36+,38-,39+,40+,41?,43+,44+,45+,46-,48-,49+,53-/m1/s1. The van der Waals surface area contributed by atoms with Crippen LogP contribution < -0.4 is 0 Å². The zero-order valence-corrected chi connectivity index (χ0v) is 42.4. The highest BCUT2D eigenvalue weighted by molar-refractivity contribution is 6.39. The average molecular weight is 958 g/mol. The number of ether oxygens (including phenoxy) is 6. The number of hydrogen-bond acceptors (Lipinski definition) is 14. The van der Waals surface area contributed by atoms with Gasteiger partial charge in [0.05, 0.1) is 37.6 Å². The first kappa shape index (κ1) is 57.2. The maximum atomic E-state index is 14.5. The second-order valence-electron chi connectivity index (χ2n) is 20.2. The van der Waals surface area contributed by atoms with Gasteiger partial charge < -0.3 is 48.6 Å². The maximum absolute atomic E-state index is 14.5. The molecular formula is C53H83NO14. The highest BCUT2D eigenvalue weighted by Gasteiger charge is 2.53. The van der Waals surface area contributed by atoms with E-state index in [1.165, 1.54) is 12.0 Å². The number of methoxy groups -OCH3 is 3. The van der Waals surface area contributed by atoms with Crippen molar-refractivity contribution in [2.75, 3.05) is 41.1 Å². The fraction of sp³-hybridized carbons (Fsp3) is 0.755. The van der Waals surface area contributed by atoms with Gasteiger partial charge in [0.25, 0.3) is 11.7 Å². The van der Waals surface area contributed by atoms with Gasteiger partial charge in [0.1, 0.15) is 30.1 Å². The Morgan fingerprint density at radius 2 is 1.59 bits per heavy atom. The molecule has 68 heavy (non-hydrogen) atoms. The number of aliphatic hydroxyl groups is 3. The first-order valence-electron chi connectivity index (χ1n) is 25.0. The van der Waals surface area contributed by atoms with Crippen LogP contribution in [0, 0.1) is 35.5 Å². The van der Waals surface area contributed by atoms with E-state index in [-0.39, 0.29) is 74.1 Å². The van der Waals surface area contributed by atoms with Gasteiger partial charge in [-0.2, -0.15) is 0 Å². The van der Waals surface area contributed by atoms with E-state index in [1.54, 1.807) is 41.1 Å². The van der Waals surface area contributed by atoms with Crippen LogP contribution in [0.1, 0.15) is 126 Å². The second kappa shape index (κ2) is 27.3. The molecule has 2 bridgehead atoms. The fourth-order valence-corrected chi connectivity index (χ4v) is 10.5. The second-order valence-corrected chi connectivity index (χ2v) is 20.2. The van der Waals surface area contributed by atoms with Crippen molar-refractivity contribution < 1.29 is 67.7 Å². The van der Waals surface area contributed by atoms with Crippen molar-refractivity contribution in [2.24, 2.45) is 35.5 Å². The molecule has 1 amide bonds. The lowest BCUT2D eigenvalue weighted by Crippen LogP contribution is -2.61. The largest absolute Gasteiger partial charge is 0.460 e. The molecule has 0 aromatic carbocycles. The number of esters is 1. The molecule has 384 valence electrons. The molecule has 15 nitrogen and oxygen atoms in total. The molecule has 3 N–H and O–H groups in total. The van der Waals surface area contributed by atoms with E-state index in [2.05, 4.69) is 0 Å². The normalized spacial score (nSPS) is 39.2. The number of cyclic esters (lactones) is 1. The Morgan fingerprint density at radius 3 is 2.26 bits per heavy atom. The number of ketones is 3. The van der Waals surface area contributed by atoms with Crippen molar-refractivity contribution in [2.45, 2.75) is 180 Å². The van der Waals surface area contributed by atoms with Crippen LogP contribution in [0.2, 0.25) is 0 Å². The van der Waals surface area contributed by atoms with E-state index < -0.39 is 77.8 Å². The number of nitrogens with zero attached hydrogens (tertiary/aromatic N) is 1. The van der Waals surface area contributed by atoms with Crippen molar-refractivity contribution in [1.29, 1.82) is 0 Å². The third-order valence-corrected chi connectivity index (χ3v) is 14.9. The van der Waals surface area contributed by atoms with Crippen molar-refractivity contribution in [3.05, 3.63) is 47.6 Å². The number of hydrogen-bond donors (Lipinski definition) is 3. The molecule has 1 aliphatic carbocycles. The number of carbonyl (C=O) groups excluding carboxylic acids is 5. The summed E-state index contributed by atoms with van der Waals surface area (Å²) in [4.78, 5) is 72.1. The highest BCUT2D eigenvalue weighted by Crippen LogP contribution is 2.38. The lowest BCUT2D eigenvalue weighted by molar-refractivity contribution is -0.265. The number of rotatable bonds is 9. The summed E-state index contributed by atoms with van der Waals surface area (Å²) in [5.74, 6) is -7.96. The number of aliphatic hydroxyl groups excluding tert-OH is 2. The Morgan fingerprint density at radius 1 is 0.853 bits per heavy atom. The van der Waals surface area contributed by atoms with E-state index >= 15 is 0 Å². The lowest BCUT2D eigenvalue weighted by atomic mass is 9.78. The molecule has 3 aliphatic heterocycles. The zero-order valence-electron chi connectivity index (χ0n) is 42.4. The quantitative estimate of drug-likeness (QED) is 0.134. The molecule has 2 saturated heterocycles. The molecule has 3 heterocycles. The number of carbonyl (C=O) groups is 5. The third-order valence-electron chi connectivity index (χ3n) is 14.9. The third kappa shape index (κ3) is 15.3. The van der Waals surface area contributed by atoms with Crippen molar-refractivity contribution in [3.8, 4) is 0 Å². The molecule has 15 heteroatoms. The minimum atomic E-state index is -2.43. The van der Waals surface area contributed by atoms with Crippen LogP contribution in [0.15, 0.2) is 47.6 Å². The lowest BCUT2D eigenvalue weighted by Gasteiger charge is -2.42. The van der Waals surface area contributed by atoms with Gasteiger partial charge in [-0.1, -0.05) is 71.1 Å². The van der Waals surface area contributed by atoms with E-state index in [0.717, 1.165) is 12.0 Å². The van der Waals surface area contributed by atoms with Gasteiger partial charge in [0.15, 0.2) is 5.78 Å². The van der Waals surface area contributed by atoms with Crippen LogP contribution in [0.25, 0.3) is 0 Å². The van der Waals surface area contributed by atoms with Crippen LogP contribution in [0.4, 0.5) is 0 Å². The first-order chi connectivity index (χ1) is 32.3. The average Bonchev–Trinajstić information content (AvgIpc) is 3.32. The van der Waals surface area contributed by atoms with E-state index in [4.69, 9.17) is 28.4 Å². The monoisotopic (exact) mass is 958 g/mol. The van der Waals surface area contributed by atoms with Crippen LogP contribution in [-0.4, -0.2) is 145 Å². The maximum Gasteiger partial charge on any atom is 0.329 e. The van der Waals surface area contributed by atoms with Crippen molar-refractivity contribution in [3.63, 3.8) is 0 Å². The van der Waals surface area contributed by atoms with Crippen LogP contribution in [0.3, 0.4) is 0 Å². The van der Waals surface area contributed by atoms with Crippen LogP contribution >= 0.6 is 0 Å². The summed E-state index contributed by atoms with van der Waals surface area (Å²) in [5, 5.41) is 32.8. The molecule has 0 aromatic heterocycles. The molecule has 1 saturated carbocycles. The van der Waals surface area contributed by atoms with Crippen molar-refractivity contribution >= 4 is 29.2 Å². The van der Waals surface area contributed by atoms with Gasteiger partial charge in [0, 0.05) is 58.5 Å². The molecule has 0 aromatic rings. The van der Waals surface area contributed by atoms with Gasteiger partial charge in [0.2, 0.25) is 5.79 Å². The number of fused-ring (bicyclic) bond motifs is 3. The SMILES string of the molecule is CO[C@H]1C[C@@H]2CC[C@@H](C)[C@@](O)(O2)C(=O)C(=O)N2CCCCC2C(=O)O[C@H]([C@H](C)C[C@@H]2CC[C@H](OCCO)[C@H](OC)C2)CC(=O)[C@H](C)/C=C(\C)[C@@H](O)[C@@H](OC)C(=O)[C@@H](C)C[C@H](C)/C=C/C=C/C=C/1C. The Bertz CT molecular complexity index is 1810. The summed E-state index contributed by atoms with van der Waals surface area (Å²) in [5.41, 5.74) is 1.26. The van der Waals surface area contributed by atoms with Gasteiger partial charge >= 0.3 is 5.97 Å². The molecular weight excluding hydrogens is 875 g/mol. The van der Waals surface area contributed by atoms with Crippen LogP contribution in [0.5, 0.6) is 0 Å². The Balaban J connectivity index is 1.70. The number of Topliss-reactive ketones (excluding diaryl/α,β-unsaturated/α-hetero) is 3. The van der Waals surface area contributed by atoms with E-state index in [9.17, 15) is 39.3 Å². The van der Waals surface area contributed by atoms with E-state index in [1.807, 2.05) is 58.1 Å². The zero-order chi connectivity index (χ0) is 50.3. The van der Waals surface area contributed by atoms with Crippen molar-refractivity contribution in [1.82, 2.24) is 4.90 Å². The van der Waals surface area contributed by atoms with Gasteiger partial charge in [-0.3, -0.25) is 19.2 Å².